The van der Waals surface area contributed by atoms with Crippen molar-refractivity contribution in [1.82, 2.24) is 5.32 Å². The minimum atomic E-state index is -0.936. The molecule has 1 unspecified atom stereocenters. The van der Waals surface area contributed by atoms with E-state index in [-0.39, 0.29) is 36.2 Å². The number of nitrogens with two attached hydrogens (primary N) is 1. The quantitative estimate of drug-likeness (QED) is 0.847. The highest BCUT2D eigenvalue weighted by molar-refractivity contribution is 5.78. The van der Waals surface area contributed by atoms with Gasteiger partial charge in [0.2, 0.25) is 5.91 Å². The summed E-state index contributed by atoms with van der Waals surface area (Å²) in [5.74, 6) is -2.34. The topological polar surface area (TPSA) is 58.4 Å². The summed E-state index contributed by atoms with van der Waals surface area (Å²) in [6.07, 6.45) is 0. The van der Waals surface area contributed by atoms with Crippen molar-refractivity contribution in [3.63, 3.8) is 0 Å². The molecule has 0 aliphatic carbocycles. The van der Waals surface area contributed by atoms with E-state index in [9.17, 15) is 13.6 Å². The summed E-state index contributed by atoms with van der Waals surface area (Å²) >= 11 is 0. The first-order chi connectivity index (χ1) is 8.92. The fourth-order valence-corrected chi connectivity index (χ4v) is 1.87. The maximum absolute atomic E-state index is 13.9. The first-order valence-electron chi connectivity index (χ1n) is 6.02. The zero-order valence-electron chi connectivity index (χ0n) is 11.3. The molecule has 3 N–H and O–H groups in total. The highest BCUT2D eigenvalue weighted by atomic mass is 19.2. The lowest BCUT2D eigenvalue weighted by Gasteiger charge is -2.23. The minimum absolute atomic E-state index is 0.0542. The Hall–Kier alpha value is -1.69. The molecule has 0 saturated heterocycles. The van der Waals surface area contributed by atoms with Crippen LogP contribution in [0.4, 0.5) is 14.5 Å². The van der Waals surface area contributed by atoms with Crippen LogP contribution >= 0.6 is 0 Å². The van der Waals surface area contributed by atoms with Crippen molar-refractivity contribution in [3.8, 4) is 0 Å². The van der Waals surface area contributed by atoms with Crippen molar-refractivity contribution in [2.24, 2.45) is 11.7 Å². The molecule has 1 amide bonds. The summed E-state index contributed by atoms with van der Waals surface area (Å²) in [7, 11) is 3.15. The van der Waals surface area contributed by atoms with Crippen LogP contribution in [0.2, 0.25) is 0 Å². The zero-order chi connectivity index (χ0) is 14.6. The predicted octanol–water partition coefficient (Wildman–Crippen LogP) is 1.24. The molecule has 106 valence electrons. The Labute approximate surface area is 111 Å². The van der Waals surface area contributed by atoms with E-state index in [1.165, 1.54) is 24.1 Å². The fraction of sp³-hybridized carbons (Fsp3) is 0.462. The number of nitrogens with zero attached hydrogens (tertiary/aromatic N) is 1. The number of benzene rings is 1. The van der Waals surface area contributed by atoms with Crippen molar-refractivity contribution in [1.29, 1.82) is 0 Å². The average Bonchev–Trinajstić information content (AvgIpc) is 2.40. The molecule has 1 atom stereocenters. The molecule has 1 aromatic carbocycles. The minimum Gasteiger partial charge on any atom is -0.371 e. The number of carbonyl (C=O) groups is 1. The summed E-state index contributed by atoms with van der Waals surface area (Å²) in [5.41, 5.74) is 5.56. The SMILES string of the molecule is CNC(=O)C(C)CN(C)c1ccc(CN)c(F)c1F. The fourth-order valence-electron chi connectivity index (χ4n) is 1.87. The number of anilines is 1. The molecule has 6 heteroatoms. The van der Waals surface area contributed by atoms with Crippen molar-refractivity contribution < 1.29 is 13.6 Å². The van der Waals surface area contributed by atoms with Gasteiger partial charge in [-0.3, -0.25) is 4.79 Å². The third-order valence-electron chi connectivity index (χ3n) is 3.01. The van der Waals surface area contributed by atoms with Crippen LogP contribution in [0.15, 0.2) is 12.1 Å². The molecule has 0 saturated carbocycles. The predicted molar refractivity (Wildman–Crippen MR) is 70.8 cm³/mol. The second kappa shape index (κ2) is 6.47. The van der Waals surface area contributed by atoms with E-state index in [0.29, 0.717) is 0 Å². The van der Waals surface area contributed by atoms with Gasteiger partial charge in [0.15, 0.2) is 11.6 Å². The number of hydrogen-bond donors (Lipinski definition) is 2. The summed E-state index contributed by atoms with van der Waals surface area (Å²) in [5, 5.41) is 2.52. The highest BCUT2D eigenvalue weighted by Crippen LogP contribution is 2.23. The number of nitrogens with one attached hydrogen (secondary N) is 1. The van der Waals surface area contributed by atoms with Crippen molar-refractivity contribution in [2.45, 2.75) is 13.5 Å². The highest BCUT2D eigenvalue weighted by Gasteiger charge is 2.19. The van der Waals surface area contributed by atoms with Crippen molar-refractivity contribution in [2.75, 3.05) is 25.5 Å². The van der Waals surface area contributed by atoms with E-state index < -0.39 is 11.6 Å². The molecule has 0 spiro atoms. The molecule has 0 radical (unpaired) electrons. The van der Waals surface area contributed by atoms with Gasteiger partial charge in [-0.1, -0.05) is 13.0 Å². The van der Waals surface area contributed by atoms with Crippen LogP contribution in [-0.2, 0) is 11.3 Å². The molecule has 0 aromatic heterocycles. The third kappa shape index (κ3) is 3.41. The third-order valence-corrected chi connectivity index (χ3v) is 3.01. The number of amides is 1. The number of halogens is 2. The van der Waals surface area contributed by atoms with E-state index in [2.05, 4.69) is 5.32 Å². The Morgan fingerprint density at radius 2 is 2.05 bits per heavy atom. The molecule has 1 aromatic rings. The lowest BCUT2D eigenvalue weighted by molar-refractivity contribution is -0.123. The molecule has 19 heavy (non-hydrogen) atoms. The van der Waals surface area contributed by atoms with Crippen LogP contribution in [0, 0.1) is 17.6 Å². The van der Waals surface area contributed by atoms with Gasteiger partial charge in [0.05, 0.1) is 11.6 Å². The van der Waals surface area contributed by atoms with E-state index in [4.69, 9.17) is 5.73 Å². The van der Waals surface area contributed by atoms with Crippen LogP contribution < -0.4 is 16.0 Å². The summed E-state index contributed by atoms with van der Waals surface area (Å²) in [6.45, 7) is 1.96. The normalized spacial score (nSPS) is 12.1. The van der Waals surface area contributed by atoms with Gasteiger partial charge in [0.25, 0.3) is 0 Å². The van der Waals surface area contributed by atoms with Gasteiger partial charge in [-0.05, 0) is 6.07 Å². The Morgan fingerprint density at radius 1 is 1.42 bits per heavy atom. The van der Waals surface area contributed by atoms with Crippen LogP contribution in [0.25, 0.3) is 0 Å². The smallest absolute Gasteiger partial charge is 0.224 e. The summed E-state index contributed by atoms with van der Waals surface area (Å²) < 4.78 is 27.5. The molecular weight excluding hydrogens is 252 g/mol. The molecule has 1 rings (SSSR count). The van der Waals surface area contributed by atoms with Gasteiger partial charge >= 0.3 is 0 Å². The number of rotatable bonds is 5. The van der Waals surface area contributed by atoms with Crippen LogP contribution in [0.3, 0.4) is 0 Å². The lowest BCUT2D eigenvalue weighted by atomic mass is 10.1. The summed E-state index contributed by atoms with van der Waals surface area (Å²) in [6, 6.07) is 2.92. The Morgan fingerprint density at radius 3 is 2.58 bits per heavy atom. The zero-order valence-corrected chi connectivity index (χ0v) is 11.3. The van der Waals surface area contributed by atoms with E-state index in [1.807, 2.05) is 0 Å². The maximum atomic E-state index is 13.9. The van der Waals surface area contributed by atoms with E-state index in [1.54, 1.807) is 14.0 Å². The molecule has 0 aliphatic rings. The molecule has 0 heterocycles. The standard InChI is InChI=1S/C13H19F2N3O/c1-8(13(19)17-2)7-18(3)10-5-4-9(6-16)11(14)12(10)15/h4-5,8H,6-7,16H2,1-3H3,(H,17,19). The number of hydrogen-bond acceptors (Lipinski definition) is 3. The molecule has 0 bridgehead atoms. The maximum Gasteiger partial charge on any atom is 0.224 e. The lowest BCUT2D eigenvalue weighted by Crippen LogP contribution is -2.34. The Balaban J connectivity index is 2.92. The van der Waals surface area contributed by atoms with Gasteiger partial charge in [-0.25, -0.2) is 8.78 Å². The van der Waals surface area contributed by atoms with Crippen LogP contribution in [-0.4, -0.2) is 26.5 Å². The molecular formula is C13H19F2N3O. The summed E-state index contributed by atoms with van der Waals surface area (Å²) in [4.78, 5) is 12.9. The van der Waals surface area contributed by atoms with Gasteiger partial charge in [0, 0.05) is 32.7 Å². The van der Waals surface area contributed by atoms with Gasteiger partial charge < -0.3 is 16.0 Å². The first kappa shape index (κ1) is 15.4. The van der Waals surface area contributed by atoms with Crippen molar-refractivity contribution in [3.05, 3.63) is 29.3 Å². The van der Waals surface area contributed by atoms with Crippen LogP contribution in [0.5, 0.6) is 0 Å². The monoisotopic (exact) mass is 271 g/mol. The van der Waals surface area contributed by atoms with E-state index >= 15 is 0 Å². The first-order valence-corrected chi connectivity index (χ1v) is 6.02. The van der Waals surface area contributed by atoms with Gasteiger partial charge in [-0.15, -0.1) is 0 Å². The van der Waals surface area contributed by atoms with Gasteiger partial charge in [-0.2, -0.15) is 0 Å². The average molecular weight is 271 g/mol. The Bertz CT molecular complexity index is 465. The Kier molecular flexibility index (Phi) is 5.23. The number of carbonyl (C=O) groups excluding carboxylic acids is 1. The largest absolute Gasteiger partial charge is 0.371 e. The molecule has 4 nitrogen and oxygen atoms in total. The molecule has 0 aliphatic heterocycles. The van der Waals surface area contributed by atoms with Gasteiger partial charge in [0.1, 0.15) is 0 Å². The second-order valence-corrected chi connectivity index (χ2v) is 4.47. The van der Waals surface area contributed by atoms with Crippen molar-refractivity contribution >= 4 is 11.6 Å². The molecule has 0 fully saturated rings. The second-order valence-electron chi connectivity index (χ2n) is 4.47. The van der Waals surface area contributed by atoms with Crippen LogP contribution in [0.1, 0.15) is 12.5 Å². The van der Waals surface area contributed by atoms with E-state index in [0.717, 1.165) is 0 Å².